The van der Waals surface area contributed by atoms with E-state index in [1.807, 2.05) is 13.8 Å². The lowest BCUT2D eigenvalue weighted by Crippen LogP contribution is -2.18. The van der Waals surface area contributed by atoms with Gasteiger partial charge in [-0.3, -0.25) is 4.99 Å². The highest BCUT2D eigenvalue weighted by Gasteiger charge is 1.98. The first kappa shape index (κ1) is 10.8. The van der Waals surface area contributed by atoms with Crippen LogP contribution < -0.4 is 5.73 Å². The van der Waals surface area contributed by atoms with Gasteiger partial charge in [0, 0.05) is 5.92 Å². The lowest BCUT2D eigenvalue weighted by atomic mass is 10.1. The highest BCUT2D eigenvalue weighted by Crippen LogP contribution is 2.05. The van der Waals surface area contributed by atoms with Gasteiger partial charge in [0.1, 0.15) is 0 Å². The molecule has 0 saturated heterocycles. The van der Waals surface area contributed by atoms with Crippen molar-refractivity contribution >= 4 is 5.84 Å². The van der Waals surface area contributed by atoms with Crippen LogP contribution in [0.15, 0.2) is 29.3 Å². The van der Waals surface area contributed by atoms with Crippen molar-refractivity contribution in [3.63, 3.8) is 0 Å². The predicted octanol–water partition coefficient (Wildman–Crippen LogP) is 2.51. The zero-order valence-electron chi connectivity index (χ0n) is 9.12. The minimum atomic E-state index is 0.334. The standard InChI is InChI=1S/C12H18N2/c1-9(2)12(13)14-8-11-6-4-10(3)5-7-11/h4-7,9H,8H2,1-3H3,(H2,13,14). The molecule has 0 bridgehead atoms. The Labute approximate surface area is 85.9 Å². The Morgan fingerprint density at radius 3 is 2.36 bits per heavy atom. The molecule has 0 atom stereocenters. The third-order valence-corrected chi connectivity index (χ3v) is 2.16. The molecule has 0 spiro atoms. The number of hydrogen-bond acceptors (Lipinski definition) is 1. The Bertz CT molecular complexity index is 310. The number of rotatable bonds is 3. The van der Waals surface area contributed by atoms with E-state index in [4.69, 9.17) is 5.73 Å². The van der Waals surface area contributed by atoms with Crippen LogP contribution in [0.3, 0.4) is 0 Å². The molecule has 1 aromatic carbocycles. The molecule has 2 heteroatoms. The van der Waals surface area contributed by atoms with Crippen molar-refractivity contribution in [2.75, 3.05) is 0 Å². The number of amidine groups is 1. The number of benzene rings is 1. The second-order valence-electron chi connectivity index (χ2n) is 3.88. The molecule has 1 aromatic rings. The van der Waals surface area contributed by atoms with Crippen LogP contribution in [-0.2, 0) is 6.54 Å². The lowest BCUT2D eigenvalue weighted by molar-refractivity contribution is 0.855. The van der Waals surface area contributed by atoms with Gasteiger partial charge in [-0.15, -0.1) is 0 Å². The molecule has 76 valence electrons. The van der Waals surface area contributed by atoms with Gasteiger partial charge in [-0.2, -0.15) is 0 Å². The molecular formula is C12H18N2. The van der Waals surface area contributed by atoms with E-state index in [0.717, 1.165) is 5.84 Å². The fourth-order valence-electron chi connectivity index (χ4n) is 1.06. The Kier molecular flexibility index (Phi) is 3.69. The SMILES string of the molecule is Cc1ccc(CN=C(N)C(C)C)cc1. The molecular weight excluding hydrogens is 172 g/mol. The zero-order chi connectivity index (χ0) is 10.6. The van der Waals surface area contributed by atoms with Crippen molar-refractivity contribution in [3.8, 4) is 0 Å². The van der Waals surface area contributed by atoms with E-state index in [1.165, 1.54) is 11.1 Å². The van der Waals surface area contributed by atoms with Crippen molar-refractivity contribution in [1.29, 1.82) is 0 Å². The van der Waals surface area contributed by atoms with E-state index in [-0.39, 0.29) is 0 Å². The topological polar surface area (TPSA) is 38.4 Å². The van der Waals surface area contributed by atoms with Crippen LogP contribution in [0.25, 0.3) is 0 Å². The van der Waals surface area contributed by atoms with Crippen molar-refractivity contribution in [2.24, 2.45) is 16.6 Å². The second kappa shape index (κ2) is 4.80. The van der Waals surface area contributed by atoms with Gasteiger partial charge in [0.25, 0.3) is 0 Å². The molecule has 0 unspecified atom stereocenters. The third kappa shape index (κ3) is 3.21. The molecule has 0 amide bonds. The molecule has 2 N–H and O–H groups in total. The highest BCUT2D eigenvalue weighted by molar-refractivity contribution is 5.82. The maximum absolute atomic E-state index is 5.74. The van der Waals surface area contributed by atoms with Crippen LogP contribution in [0.4, 0.5) is 0 Å². The molecule has 0 heterocycles. The highest BCUT2D eigenvalue weighted by atomic mass is 14.9. The summed E-state index contributed by atoms with van der Waals surface area (Å²) in [5.74, 6) is 1.06. The normalized spacial score (nSPS) is 12.1. The van der Waals surface area contributed by atoms with Crippen molar-refractivity contribution in [2.45, 2.75) is 27.3 Å². The van der Waals surface area contributed by atoms with E-state index in [2.05, 4.69) is 36.2 Å². The maximum atomic E-state index is 5.74. The third-order valence-electron chi connectivity index (χ3n) is 2.16. The van der Waals surface area contributed by atoms with Crippen LogP contribution in [0, 0.1) is 12.8 Å². The van der Waals surface area contributed by atoms with Crippen LogP contribution in [0.5, 0.6) is 0 Å². The summed E-state index contributed by atoms with van der Waals surface area (Å²) in [7, 11) is 0. The van der Waals surface area contributed by atoms with E-state index >= 15 is 0 Å². The molecule has 1 rings (SSSR count). The average Bonchev–Trinajstić information content (AvgIpc) is 2.16. The largest absolute Gasteiger partial charge is 0.387 e. The summed E-state index contributed by atoms with van der Waals surface area (Å²) in [4.78, 5) is 4.32. The average molecular weight is 190 g/mol. The van der Waals surface area contributed by atoms with Gasteiger partial charge in [-0.1, -0.05) is 43.7 Å². The minimum absolute atomic E-state index is 0.334. The Morgan fingerprint density at radius 2 is 1.86 bits per heavy atom. The number of aryl methyl sites for hydroxylation is 1. The van der Waals surface area contributed by atoms with Crippen LogP contribution in [0.2, 0.25) is 0 Å². The predicted molar refractivity (Wildman–Crippen MR) is 61.3 cm³/mol. The van der Waals surface area contributed by atoms with Gasteiger partial charge in [0.05, 0.1) is 12.4 Å². The van der Waals surface area contributed by atoms with E-state index in [1.54, 1.807) is 0 Å². The molecule has 0 aromatic heterocycles. The fraction of sp³-hybridized carbons (Fsp3) is 0.417. The van der Waals surface area contributed by atoms with Crippen LogP contribution >= 0.6 is 0 Å². The van der Waals surface area contributed by atoms with Gasteiger partial charge in [-0.05, 0) is 12.5 Å². The van der Waals surface area contributed by atoms with Gasteiger partial charge >= 0.3 is 0 Å². The first-order valence-electron chi connectivity index (χ1n) is 4.95. The quantitative estimate of drug-likeness (QED) is 0.577. The second-order valence-corrected chi connectivity index (χ2v) is 3.88. The Hall–Kier alpha value is -1.31. The first-order valence-corrected chi connectivity index (χ1v) is 4.95. The number of hydrogen-bond donors (Lipinski definition) is 1. The first-order chi connectivity index (χ1) is 6.59. The molecule has 0 aliphatic carbocycles. The monoisotopic (exact) mass is 190 g/mol. The van der Waals surface area contributed by atoms with Crippen molar-refractivity contribution in [3.05, 3.63) is 35.4 Å². The maximum Gasteiger partial charge on any atom is 0.0966 e. The molecule has 2 nitrogen and oxygen atoms in total. The van der Waals surface area contributed by atoms with Crippen molar-refractivity contribution in [1.82, 2.24) is 0 Å². The van der Waals surface area contributed by atoms with Crippen LogP contribution in [-0.4, -0.2) is 5.84 Å². The number of nitrogens with zero attached hydrogens (tertiary/aromatic N) is 1. The summed E-state index contributed by atoms with van der Waals surface area (Å²) in [5.41, 5.74) is 8.22. The molecule has 0 aliphatic heterocycles. The summed E-state index contributed by atoms with van der Waals surface area (Å²) < 4.78 is 0. The van der Waals surface area contributed by atoms with Gasteiger partial charge in [0.2, 0.25) is 0 Å². The summed E-state index contributed by atoms with van der Waals surface area (Å²) in [6.45, 7) is 6.86. The van der Waals surface area contributed by atoms with Crippen LogP contribution in [0.1, 0.15) is 25.0 Å². The molecule has 0 aliphatic rings. The summed E-state index contributed by atoms with van der Waals surface area (Å²) in [6, 6.07) is 8.37. The molecule has 14 heavy (non-hydrogen) atoms. The Morgan fingerprint density at radius 1 is 1.29 bits per heavy atom. The number of aliphatic imine (C=N–C) groups is 1. The molecule has 0 saturated carbocycles. The van der Waals surface area contributed by atoms with E-state index in [9.17, 15) is 0 Å². The lowest BCUT2D eigenvalue weighted by Gasteiger charge is -2.04. The van der Waals surface area contributed by atoms with E-state index < -0.39 is 0 Å². The summed E-state index contributed by atoms with van der Waals surface area (Å²) in [6.07, 6.45) is 0. The minimum Gasteiger partial charge on any atom is -0.387 e. The summed E-state index contributed by atoms with van der Waals surface area (Å²) in [5, 5.41) is 0. The molecule has 0 radical (unpaired) electrons. The fourth-order valence-corrected chi connectivity index (χ4v) is 1.06. The summed E-state index contributed by atoms with van der Waals surface area (Å²) >= 11 is 0. The number of nitrogens with two attached hydrogens (primary N) is 1. The smallest absolute Gasteiger partial charge is 0.0966 e. The molecule has 0 fully saturated rings. The van der Waals surface area contributed by atoms with Gasteiger partial charge in [0.15, 0.2) is 0 Å². The van der Waals surface area contributed by atoms with Crippen molar-refractivity contribution < 1.29 is 0 Å². The van der Waals surface area contributed by atoms with Gasteiger partial charge in [-0.25, -0.2) is 0 Å². The van der Waals surface area contributed by atoms with Gasteiger partial charge < -0.3 is 5.73 Å². The van der Waals surface area contributed by atoms with E-state index in [0.29, 0.717) is 12.5 Å². The zero-order valence-corrected chi connectivity index (χ0v) is 9.12. The Balaban J connectivity index is 2.62.